The van der Waals surface area contributed by atoms with Gasteiger partial charge in [-0.1, -0.05) is 30.3 Å². The highest BCUT2D eigenvalue weighted by Gasteiger charge is 2.39. The van der Waals surface area contributed by atoms with Gasteiger partial charge in [0.25, 0.3) is 0 Å². The molecule has 1 heterocycles. The molecule has 2 amide bonds. The van der Waals surface area contributed by atoms with Crippen molar-refractivity contribution in [2.24, 2.45) is 5.92 Å². The standard InChI is InChI=1S/C29H36F3N3O5S/c1-28(2,3)40-27(37)34-17-18-35(25(19-34)20-7-5-4-6-8-20)26(36)21-9-13-23(14-10-21)33-41(38,39)24-15-11-22(12-16-24)29(30,31)32/h4-8,11-12,15-16,21,23,25,33H,9-10,13-14,17-19H2,1-3H3. The van der Waals surface area contributed by atoms with Gasteiger partial charge in [-0.2, -0.15) is 13.2 Å². The fraction of sp³-hybridized carbons (Fsp3) is 0.517. The van der Waals surface area contributed by atoms with Crippen LogP contribution in [-0.4, -0.2) is 61.5 Å². The minimum atomic E-state index is -4.55. The Kier molecular flexibility index (Phi) is 9.03. The summed E-state index contributed by atoms with van der Waals surface area (Å²) in [5.74, 6) is -0.340. The fourth-order valence-electron chi connectivity index (χ4n) is 5.30. The molecule has 1 aliphatic heterocycles. The molecule has 8 nitrogen and oxygen atoms in total. The number of halogens is 3. The molecule has 2 aromatic carbocycles. The van der Waals surface area contributed by atoms with E-state index in [4.69, 9.17) is 4.74 Å². The third-order valence-electron chi connectivity index (χ3n) is 7.39. The predicted molar refractivity (Wildman–Crippen MR) is 146 cm³/mol. The maximum atomic E-state index is 13.7. The number of alkyl halides is 3. The van der Waals surface area contributed by atoms with Crippen molar-refractivity contribution in [2.75, 3.05) is 19.6 Å². The first kappa shape index (κ1) is 30.8. The predicted octanol–water partition coefficient (Wildman–Crippen LogP) is 5.36. The molecule has 0 bridgehead atoms. The van der Waals surface area contributed by atoms with Crippen LogP contribution in [0.25, 0.3) is 0 Å². The number of sulfonamides is 1. The lowest BCUT2D eigenvalue weighted by Gasteiger charge is -2.43. The van der Waals surface area contributed by atoms with Crippen LogP contribution in [0.1, 0.15) is 63.6 Å². The monoisotopic (exact) mass is 595 g/mol. The molecular weight excluding hydrogens is 559 g/mol. The second-order valence-electron chi connectivity index (χ2n) is 11.6. The van der Waals surface area contributed by atoms with Gasteiger partial charge in [0.2, 0.25) is 15.9 Å². The molecule has 1 aliphatic carbocycles. The number of nitrogens with one attached hydrogen (secondary N) is 1. The Morgan fingerprint density at radius 3 is 2.07 bits per heavy atom. The average molecular weight is 596 g/mol. The van der Waals surface area contributed by atoms with Crippen LogP contribution in [0.2, 0.25) is 0 Å². The highest BCUT2D eigenvalue weighted by Crippen LogP contribution is 2.33. The first-order chi connectivity index (χ1) is 19.1. The summed E-state index contributed by atoms with van der Waals surface area (Å²) in [5.41, 5.74) is -0.651. The van der Waals surface area contributed by atoms with Crippen LogP contribution in [0.5, 0.6) is 0 Å². The lowest BCUT2D eigenvalue weighted by Crippen LogP contribution is -2.54. The molecule has 1 saturated heterocycles. The molecule has 1 atom stereocenters. The van der Waals surface area contributed by atoms with Gasteiger partial charge in [-0.05, 0) is 76.3 Å². The van der Waals surface area contributed by atoms with Gasteiger partial charge < -0.3 is 14.5 Å². The third kappa shape index (κ3) is 7.79. The molecule has 0 aromatic heterocycles. The summed E-state index contributed by atoms with van der Waals surface area (Å²) in [6.45, 7) is 6.40. The Hall–Kier alpha value is -3.12. The first-order valence-electron chi connectivity index (χ1n) is 13.7. The van der Waals surface area contributed by atoms with Crippen LogP contribution in [0.4, 0.5) is 18.0 Å². The van der Waals surface area contributed by atoms with Crippen molar-refractivity contribution in [1.82, 2.24) is 14.5 Å². The molecule has 2 aromatic rings. The van der Waals surface area contributed by atoms with Crippen molar-refractivity contribution in [2.45, 2.75) is 75.2 Å². The molecular formula is C29H36F3N3O5S. The lowest BCUT2D eigenvalue weighted by atomic mass is 9.85. The average Bonchev–Trinajstić information content (AvgIpc) is 2.92. The Bertz CT molecular complexity index is 1320. The summed E-state index contributed by atoms with van der Waals surface area (Å²) in [4.78, 5) is 29.7. The maximum Gasteiger partial charge on any atom is 0.416 e. The molecule has 0 spiro atoms. The van der Waals surface area contributed by atoms with Gasteiger partial charge in [0.1, 0.15) is 5.60 Å². The summed E-state index contributed by atoms with van der Waals surface area (Å²) >= 11 is 0. The summed E-state index contributed by atoms with van der Waals surface area (Å²) < 4.78 is 72.2. The number of piperazine rings is 1. The molecule has 0 radical (unpaired) electrons. The SMILES string of the molecule is CC(C)(C)OC(=O)N1CCN(C(=O)C2CCC(NS(=O)(=O)c3ccc(C(F)(F)F)cc3)CC2)C(c2ccccc2)C1. The molecule has 1 saturated carbocycles. The van der Waals surface area contributed by atoms with E-state index >= 15 is 0 Å². The second-order valence-corrected chi connectivity index (χ2v) is 13.3. The highest BCUT2D eigenvalue weighted by atomic mass is 32.2. The van der Waals surface area contributed by atoms with Crippen LogP contribution in [0, 0.1) is 5.92 Å². The quantitative estimate of drug-likeness (QED) is 0.502. The number of hydrogen-bond donors (Lipinski definition) is 1. The van der Waals surface area contributed by atoms with Gasteiger partial charge >= 0.3 is 12.3 Å². The van der Waals surface area contributed by atoms with Crippen molar-refractivity contribution >= 4 is 22.0 Å². The van der Waals surface area contributed by atoms with Gasteiger partial charge in [-0.25, -0.2) is 17.9 Å². The van der Waals surface area contributed by atoms with Crippen molar-refractivity contribution in [3.63, 3.8) is 0 Å². The van der Waals surface area contributed by atoms with Crippen LogP contribution in [0.15, 0.2) is 59.5 Å². The molecule has 1 N–H and O–H groups in total. The van der Waals surface area contributed by atoms with Crippen molar-refractivity contribution in [3.8, 4) is 0 Å². The number of hydrogen-bond acceptors (Lipinski definition) is 5. The Labute approximate surface area is 238 Å². The van der Waals surface area contributed by atoms with Crippen LogP contribution < -0.4 is 4.72 Å². The second kappa shape index (κ2) is 12.0. The zero-order valence-electron chi connectivity index (χ0n) is 23.4. The normalized spacial score (nSPS) is 22.3. The fourth-order valence-corrected chi connectivity index (χ4v) is 6.61. The number of rotatable bonds is 5. The van der Waals surface area contributed by atoms with Crippen LogP contribution >= 0.6 is 0 Å². The minimum Gasteiger partial charge on any atom is -0.444 e. The molecule has 41 heavy (non-hydrogen) atoms. The Balaban J connectivity index is 1.39. The minimum absolute atomic E-state index is 0.0354. The van der Waals surface area contributed by atoms with Crippen molar-refractivity contribution in [3.05, 3.63) is 65.7 Å². The van der Waals surface area contributed by atoms with Gasteiger partial charge in [0.05, 0.1) is 16.5 Å². The first-order valence-corrected chi connectivity index (χ1v) is 15.2. The van der Waals surface area contributed by atoms with Crippen LogP contribution in [0.3, 0.4) is 0 Å². The lowest BCUT2D eigenvalue weighted by molar-refractivity contribution is -0.142. The number of carbonyl (C=O) groups is 2. The third-order valence-corrected chi connectivity index (χ3v) is 8.93. The zero-order valence-corrected chi connectivity index (χ0v) is 24.2. The van der Waals surface area contributed by atoms with Gasteiger partial charge in [-0.3, -0.25) is 4.79 Å². The summed E-state index contributed by atoms with van der Waals surface area (Å²) in [6, 6.07) is 12.1. The van der Waals surface area contributed by atoms with E-state index in [2.05, 4.69) is 4.72 Å². The zero-order chi connectivity index (χ0) is 30.0. The van der Waals surface area contributed by atoms with Crippen LogP contribution in [-0.2, 0) is 25.7 Å². The largest absolute Gasteiger partial charge is 0.444 e. The molecule has 2 fully saturated rings. The number of nitrogens with zero attached hydrogens (tertiary/aromatic N) is 2. The maximum absolute atomic E-state index is 13.7. The van der Waals surface area contributed by atoms with Crippen molar-refractivity contribution < 1.29 is 35.9 Å². The van der Waals surface area contributed by atoms with Gasteiger partial charge in [-0.15, -0.1) is 0 Å². The molecule has 1 unspecified atom stereocenters. The molecule has 224 valence electrons. The van der Waals surface area contributed by atoms with E-state index in [1.54, 1.807) is 25.7 Å². The van der Waals surface area contributed by atoms with E-state index in [-0.39, 0.29) is 22.8 Å². The highest BCUT2D eigenvalue weighted by molar-refractivity contribution is 7.89. The van der Waals surface area contributed by atoms with E-state index < -0.39 is 39.5 Å². The summed E-state index contributed by atoms with van der Waals surface area (Å²) in [6.07, 6.45) is -3.21. The van der Waals surface area contributed by atoms with Gasteiger partial charge in [0.15, 0.2) is 0 Å². The number of carbonyl (C=O) groups excluding carboxylic acids is 2. The molecule has 12 heteroatoms. The Morgan fingerprint density at radius 2 is 1.51 bits per heavy atom. The van der Waals surface area contributed by atoms with E-state index in [9.17, 15) is 31.2 Å². The Morgan fingerprint density at radius 1 is 0.902 bits per heavy atom. The number of ether oxygens (including phenoxy) is 1. The summed E-state index contributed by atoms with van der Waals surface area (Å²) in [5, 5.41) is 0. The van der Waals surface area contributed by atoms with E-state index in [1.807, 2.05) is 35.2 Å². The van der Waals surface area contributed by atoms with Crippen molar-refractivity contribution in [1.29, 1.82) is 0 Å². The molecule has 2 aliphatic rings. The summed E-state index contributed by atoms with van der Waals surface area (Å²) in [7, 11) is -4.01. The van der Waals surface area contributed by atoms with E-state index in [0.717, 1.165) is 29.8 Å². The number of amides is 2. The smallest absolute Gasteiger partial charge is 0.416 e. The van der Waals surface area contributed by atoms with E-state index in [0.29, 0.717) is 45.3 Å². The topological polar surface area (TPSA) is 96.0 Å². The van der Waals surface area contributed by atoms with Gasteiger partial charge in [0, 0.05) is 31.6 Å². The van der Waals surface area contributed by atoms with E-state index in [1.165, 1.54) is 0 Å². The molecule has 4 rings (SSSR count). The number of benzene rings is 2.